The molecule has 1 heterocycles. The van der Waals surface area contributed by atoms with Gasteiger partial charge in [0, 0.05) is 17.1 Å². The standard InChI is InChI=1S/C15H14ClN3O/c1-18-8-13-4-5-14(9-19-13)20-10-12-3-2-11(7-17)6-15(12)16/h2-6,9,18H,8,10H2,1H3. The summed E-state index contributed by atoms with van der Waals surface area (Å²) in [6, 6.07) is 11.0. The fraction of sp³-hybridized carbons (Fsp3) is 0.200. The summed E-state index contributed by atoms with van der Waals surface area (Å²) < 4.78 is 5.63. The first-order valence-corrected chi connectivity index (χ1v) is 6.51. The Bertz CT molecular complexity index is 620. The highest BCUT2D eigenvalue weighted by Crippen LogP contribution is 2.20. The lowest BCUT2D eigenvalue weighted by molar-refractivity contribution is 0.305. The van der Waals surface area contributed by atoms with Gasteiger partial charge in [0.25, 0.3) is 0 Å². The molecule has 5 heteroatoms. The van der Waals surface area contributed by atoms with Crippen molar-refractivity contribution >= 4 is 11.6 Å². The van der Waals surface area contributed by atoms with Crippen molar-refractivity contribution in [3.8, 4) is 11.8 Å². The summed E-state index contributed by atoms with van der Waals surface area (Å²) in [5, 5.41) is 12.3. The van der Waals surface area contributed by atoms with E-state index in [0.717, 1.165) is 17.8 Å². The van der Waals surface area contributed by atoms with Gasteiger partial charge in [0.2, 0.25) is 0 Å². The number of hydrogen-bond donors (Lipinski definition) is 1. The van der Waals surface area contributed by atoms with E-state index in [-0.39, 0.29) is 0 Å². The molecule has 1 N–H and O–H groups in total. The summed E-state index contributed by atoms with van der Waals surface area (Å²) in [6.07, 6.45) is 1.68. The normalized spacial score (nSPS) is 10.1. The van der Waals surface area contributed by atoms with Crippen molar-refractivity contribution in [1.82, 2.24) is 10.3 Å². The number of nitrogens with one attached hydrogen (secondary N) is 1. The average molecular weight is 288 g/mol. The first-order valence-electron chi connectivity index (χ1n) is 6.14. The van der Waals surface area contributed by atoms with Crippen LogP contribution in [-0.2, 0) is 13.2 Å². The van der Waals surface area contributed by atoms with E-state index in [9.17, 15) is 0 Å². The van der Waals surface area contributed by atoms with Crippen LogP contribution in [0.4, 0.5) is 0 Å². The summed E-state index contributed by atoms with van der Waals surface area (Å²) in [6.45, 7) is 1.07. The molecule has 0 atom stereocenters. The second-order valence-corrected chi connectivity index (χ2v) is 4.63. The fourth-order valence-electron chi connectivity index (χ4n) is 1.68. The lowest BCUT2D eigenvalue weighted by Gasteiger charge is -2.08. The minimum absolute atomic E-state index is 0.345. The van der Waals surface area contributed by atoms with Gasteiger partial charge in [-0.15, -0.1) is 0 Å². The van der Waals surface area contributed by atoms with Gasteiger partial charge in [-0.2, -0.15) is 5.26 Å². The van der Waals surface area contributed by atoms with Gasteiger partial charge >= 0.3 is 0 Å². The summed E-state index contributed by atoms with van der Waals surface area (Å²) in [7, 11) is 1.87. The third kappa shape index (κ3) is 3.70. The number of nitrogens with zero attached hydrogens (tertiary/aromatic N) is 2. The molecule has 0 aliphatic rings. The Morgan fingerprint density at radius 2 is 2.20 bits per heavy atom. The summed E-state index contributed by atoms with van der Waals surface area (Å²) in [5.41, 5.74) is 2.33. The van der Waals surface area contributed by atoms with Crippen molar-refractivity contribution in [3.63, 3.8) is 0 Å². The molecule has 1 aromatic carbocycles. The Hall–Kier alpha value is -2.09. The summed E-state index contributed by atoms with van der Waals surface area (Å²) in [5.74, 6) is 0.685. The van der Waals surface area contributed by atoms with Crippen LogP contribution in [0.1, 0.15) is 16.8 Å². The van der Waals surface area contributed by atoms with E-state index >= 15 is 0 Å². The molecule has 2 rings (SSSR count). The molecule has 0 aliphatic heterocycles. The van der Waals surface area contributed by atoms with Crippen LogP contribution in [0.2, 0.25) is 5.02 Å². The highest BCUT2D eigenvalue weighted by molar-refractivity contribution is 6.31. The van der Waals surface area contributed by atoms with Gasteiger partial charge in [0.05, 0.1) is 23.5 Å². The molecule has 0 saturated carbocycles. The van der Waals surface area contributed by atoms with Crippen molar-refractivity contribution < 1.29 is 4.74 Å². The average Bonchev–Trinajstić information content (AvgIpc) is 2.48. The van der Waals surface area contributed by atoms with Crippen molar-refractivity contribution in [2.45, 2.75) is 13.2 Å². The molecule has 20 heavy (non-hydrogen) atoms. The molecule has 1 aromatic heterocycles. The van der Waals surface area contributed by atoms with Crippen LogP contribution in [0, 0.1) is 11.3 Å². The lowest BCUT2D eigenvalue weighted by atomic mass is 10.1. The van der Waals surface area contributed by atoms with Crippen LogP contribution >= 0.6 is 11.6 Å². The Labute approximate surface area is 123 Å². The number of aromatic nitrogens is 1. The van der Waals surface area contributed by atoms with E-state index in [2.05, 4.69) is 10.3 Å². The molecule has 0 radical (unpaired) electrons. The third-order valence-electron chi connectivity index (χ3n) is 2.73. The summed E-state index contributed by atoms with van der Waals surface area (Å²) in [4.78, 5) is 4.27. The van der Waals surface area contributed by atoms with Crippen molar-refractivity contribution in [3.05, 3.63) is 58.4 Å². The van der Waals surface area contributed by atoms with Gasteiger partial charge in [0.15, 0.2) is 0 Å². The zero-order chi connectivity index (χ0) is 14.4. The number of ether oxygens (including phenoxy) is 1. The maximum atomic E-state index is 8.78. The zero-order valence-corrected chi connectivity index (χ0v) is 11.8. The van der Waals surface area contributed by atoms with Crippen LogP contribution in [0.3, 0.4) is 0 Å². The van der Waals surface area contributed by atoms with E-state index in [1.54, 1.807) is 24.4 Å². The van der Waals surface area contributed by atoms with Gasteiger partial charge in [-0.3, -0.25) is 4.98 Å². The Morgan fingerprint density at radius 3 is 2.80 bits per heavy atom. The lowest BCUT2D eigenvalue weighted by Crippen LogP contribution is -2.06. The van der Waals surface area contributed by atoms with E-state index in [4.69, 9.17) is 21.6 Å². The topological polar surface area (TPSA) is 57.9 Å². The monoisotopic (exact) mass is 287 g/mol. The largest absolute Gasteiger partial charge is 0.487 e. The summed E-state index contributed by atoms with van der Waals surface area (Å²) >= 11 is 6.09. The number of benzene rings is 1. The molecule has 2 aromatic rings. The minimum atomic E-state index is 0.345. The smallest absolute Gasteiger partial charge is 0.138 e. The molecule has 0 amide bonds. The molecule has 0 unspecified atom stereocenters. The molecular weight excluding hydrogens is 274 g/mol. The first-order chi connectivity index (χ1) is 9.72. The SMILES string of the molecule is CNCc1ccc(OCc2ccc(C#N)cc2Cl)cn1. The minimum Gasteiger partial charge on any atom is -0.487 e. The highest BCUT2D eigenvalue weighted by atomic mass is 35.5. The number of pyridine rings is 1. The number of nitriles is 1. The third-order valence-corrected chi connectivity index (χ3v) is 3.08. The molecule has 0 saturated heterocycles. The number of rotatable bonds is 5. The van der Waals surface area contributed by atoms with Crippen molar-refractivity contribution in [2.75, 3.05) is 7.05 Å². The van der Waals surface area contributed by atoms with Gasteiger partial charge in [0.1, 0.15) is 12.4 Å². The fourth-order valence-corrected chi connectivity index (χ4v) is 1.91. The second kappa shape index (κ2) is 6.90. The first kappa shape index (κ1) is 14.3. The molecular formula is C15H14ClN3O. The van der Waals surface area contributed by atoms with Crippen molar-refractivity contribution in [2.24, 2.45) is 0 Å². The van der Waals surface area contributed by atoms with Crippen LogP contribution < -0.4 is 10.1 Å². The van der Waals surface area contributed by atoms with Crippen LogP contribution in [-0.4, -0.2) is 12.0 Å². The maximum absolute atomic E-state index is 8.78. The van der Waals surface area contributed by atoms with E-state index in [0.29, 0.717) is 22.9 Å². The van der Waals surface area contributed by atoms with Crippen LogP contribution in [0.25, 0.3) is 0 Å². The molecule has 4 nitrogen and oxygen atoms in total. The van der Waals surface area contributed by atoms with Crippen LogP contribution in [0.15, 0.2) is 36.5 Å². The Kier molecular flexibility index (Phi) is 4.94. The van der Waals surface area contributed by atoms with Gasteiger partial charge < -0.3 is 10.1 Å². The predicted octanol–water partition coefficient (Wildman–Crippen LogP) is 2.91. The molecule has 0 fully saturated rings. The van der Waals surface area contributed by atoms with E-state index < -0.39 is 0 Å². The Morgan fingerprint density at radius 1 is 1.35 bits per heavy atom. The van der Waals surface area contributed by atoms with Crippen LogP contribution in [0.5, 0.6) is 5.75 Å². The molecule has 0 aliphatic carbocycles. The number of hydrogen-bond acceptors (Lipinski definition) is 4. The number of halogens is 1. The van der Waals surface area contributed by atoms with Crippen molar-refractivity contribution in [1.29, 1.82) is 5.26 Å². The second-order valence-electron chi connectivity index (χ2n) is 4.22. The van der Waals surface area contributed by atoms with E-state index in [1.165, 1.54) is 0 Å². The zero-order valence-electron chi connectivity index (χ0n) is 11.1. The van der Waals surface area contributed by atoms with E-state index in [1.807, 2.05) is 25.2 Å². The highest BCUT2D eigenvalue weighted by Gasteiger charge is 2.03. The Balaban J connectivity index is 2.00. The predicted molar refractivity (Wildman–Crippen MR) is 77.5 cm³/mol. The van der Waals surface area contributed by atoms with Gasteiger partial charge in [-0.05, 0) is 31.3 Å². The molecule has 0 bridgehead atoms. The molecule has 102 valence electrons. The molecule has 0 spiro atoms. The van der Waals surface area contributed by atoms with Gasteiger partial charge in [-0.25, -0.2) is 0 Å². The quantitative estimate of drug-likeness (QED) is 0.918. The van der Waals surface area contributed by atoms with Gasteiger partial charge in [-0.1, -0.05) is 17.7 Å². The maximum Gasteiger partial charge on any atom is 0.138 e.